The number of nitrogens with zero attached hydrogens (tertiary/aromatic N) is 3. The topological polar surface area (TPSA) is 38.1 Å². The zero-order valence-corrected chi connectivity index (χ0v) is 23.0. The van der Waals surface area contributed by atoms with Gasteiger partial charge in [-0.15, -0.1) is 0 Å². The van der Waals surface area contributed by atoms with Crippen molar-refractivity contribution in [2.45, 2.75) is 39.7 Å². The van der Waals surface area contributed by atoms with Crippen LogP contribution in [0.1, 0.15) is 55.0 Å². The van der Waals surface area contributed by atoms with Crippen LogP contribution in [0.5, 0.6) is 0 Å². The molecule has 37 heavy (non-hydrogen) atoms. The predicted molar refractivity (Wildman–Crippen MR) is 158 cm³/mol. The number of aromatic nitrogens is 2. The minimum absolute atomic E-state index is 0.0718. The molecule has 0 saturated carbocycles. The van der Waals surface area contributed by atoms with Crippen molar-refractivity contribution in [1.82, 2.24) is 14.7 Å². The molecule has 186 valence electrons. The molecule has 1 amide bonds. The summed E-state index contributed by atoms with van der Waals surface area (Å²) < 4.78 is 2.46. The third-order valence-corrected chi connectivity index (χ3v) is 8.06. The van der Waals surface area contributed by atoms with Crippen LogP contribution in [0.4, 0.5) is 0 Å². The average molecular weight is 524 g/mol. The first-order chi connectivity index (χ1) is 17.8. The van der Waals surface area contributed by atoms with E-state index in [-0.39, 0.29) is 11.9 Å². The molecule has 1 unspecified atom stereocenters. The van der Waals surface area contributed by atoms with Crippen LogP contribution in [-0.2, 0) is 4.79 Å². The van der Waals surface area contributed by atoms with Gasteiger partial charge in [-0.3, -0.25) is 9.69 Å². The largest absolute Gasteiger partial charge is 0.286 e. The second kappa shape index (κ2) is 10.5. The van der Waals surface area contributed by atoms with Gasteiger partial charge in [0.15, 0.2) is 0 Å². The monoisotopic (exact) mass is 523 g/mol. The Morgan fingerprint density at radius 2 is 1.59 bits per heavy atom. The van der Waals surface area contributed by atoms with Gasteiger partial charge in [0.1, 0.15) is 10.0 Å². The van der Waals surface area contributed by atoms with Crippen molar-refractivity contribution in [2.75, 3.05) is 0 Å². The molecule has 1 aromatic heterocycles. The number of rotatable bonds is 6. The molecule has 4 nitrogen and oxygen atoms in total. The SMILES string of the molecule is Cc1ccc(C(C)C)cc1-c1nn(-c2ccccc2)cc1C=C1SC(=S)N(C(C)c2ccccc2)C1=O. The molecule has 5 rings (SSSR count). The lowest BCUT2D eigenvalue weighted by molar-refractivity contribution is -0.123. The zero-order chi connectivity index (χ0) is 26.1. The van der Waals surface area contributed by atoms with Crippen LogP contribution < -0.4 is 0 Å². The van der Waals surface area contributed by atoms with Gasteiger partial charge in [0.2, 0.25) is 0 Å². The Labute approximate surface area is 228 Å². The van der Waals surface area contributed by atoms with Crippen molar-refractivity contribution in [3.05, 3.63) is 112 Å². The molecule has 0 bridgehead atoms. The van der Waals surface area contributed by atoms with Crippen molar-refractivity contribution in [1.29, 1.82) is 0 Å². The number of hydrogen-bond acceptors (Lipinski definition) is 4. The number of benzene rings is 3. The second-order valence-electron chi connectivity index (χ2n) is 9.58. The lowest BCUT2D eigenvalue weighted by atomic mass is 9.95. The van der Waals surface area contributed by atoms with Gasteiger partial charge in [-0.1, -0.05) is 98.5 Å². The summed E-state index contributed by atoms with van der Waals surface area (Å²) in [7, 11) is 0. The molecule has 1 aliphatic rings. The quantitative estimate of drug-likeness (QED) is 0.190. The molecule has 0 spiro atoms. The fourth-order valence-electron chi connectivity index (χ4n) is 4.50. The number of aryl methyl sites for hydroxylation is 1. The zero-order valence-electron chi connectivity index (χ0n) is 21.4. The lowest BCUT2D eigenvalue weighted by Crippen LogP contribution is -2.30. The summed E-state index contributed by atoms with van der Waals surface area (Å²) in [6, 6.07) is 26.4. The van der Waals surface area contributed by atoms with E-state index in [0.717, 1.165) is 33.6 Å². The van der Waals surface area contributed by atoms with Crippen molar-refractivity contribution in [3.63, 3.8) is 0 Å². The summed E-state index contributed by atoms with van der Waals surface area (Å²) in [4.78, 5) is 15.9. The van der Waals surface area contributed by atoms with Gasteiger partial charge < -0.3 is 0 Å². The summed E-state index contributed by atoms with van der Waals surface area (Å²) in [5.41, 5.74) is 7.22. The number of carbonyl (C=O) groups excluding carboxylic acids is 1. The van der Waals surface area contributed by atoms with Crippen LogP contribution in [0, 0.1) is 6.92 Å². The first-order valence-corrected chi connectivity index (χ1v) is 13.6. The molecule has 1 atom stereocenters. The molecule has 4 aromatic rings. The minimum Gasteiger partial charge on any atom is -0.286 e. The van der Waals surface area contributed by atoms with Crippen LogP contribution in [0.3, 0.4) is 0 Å². The number of thioether (sulfide) groups is 1. The fraction of sp³-hybridized carbons (Fsp3) is 0.194. The van der Waals surface area contributed by atoms with Crippen molar-refractivity contribution in [3.8, 4) is 16.9 Å². The van der Waals surface area contributed by atoms with Crippen LogP contribution in [0.15, 0.2) is 90.0 Å². The third kappa shape index (κ3) is 5.04. The normalized spacial score (nSPS) is 15.7. The Morgan fingerprint density at radius 3 is 2.27 bits per heavy atom. The summed E-state index contributed by atoms with van der Waals surface area (Å²) in [6.07, 6.45) is 3.94. The maximum atomic E-state index is 13.6. The van der Waals surface area contributed by atoms with Crippen molar-refractivity contribution in [2.24, 2.45) is 0 Å². The minimum atomic E-state index is -0.143. The highest BCUT2D eigenvalue weighted by atomic mass is 32.2. The standard InChI is InChI=1S/C31H29N3OS2/c1-20(2)24-16-15-21(3)27(17-24)29-25(19-33(32-29)26-13-9-6-10-14-26)18-28-30(35)34(31(36)37-28)22(4)23-11-7-5-8-12-23/h5-20,22H,1-4H3. The Kier molecular flexibility index (Phi) is 7.13. The smallest absolute Gasteiger partial charge is 0.266 e. The highest BCUT2D eigenvalue weighted by molar-refractivity contribution is 8.26. The maximum absolute atomic E-state index is 13.6. The van der Waals surface area contributed by atoms with Gasteiger partial charge in [0.05, 0.1) is 16.6 Å². The Morgan fingerprint density at radius 1 is 0.919 bits per heavy atom. The van der Waals surface area contributed by atoms with E-state index in [1.54, 1.807) is 4.90 Å². The van der Waals surface area contributed by atoms with E-state index >= 15 is 0 Å². The highest BCUT2D eigenvalue weighted by Gasteiger charge is 2.36. The van der Waals surface area contributed by atoms with E-state index in [9.17, 15) is 4.79 Å². The third-order valence-electron chi connectivity index (χ3n) is 6.73. The van der Waals surface area contributed by atoms with Crippen molar-refractivity contribution >= 4 is 40.3 Å². The van der Waals surface area contributed by atoms with Gasteiger partial charge in [-0.25, -0.2) is 4.68 Å². The molecular formula is C31H29N3OS2. The summed E-state index contributed by atoms with van der Waals surface area (Å²) in [5, 5.41) is 5.00. The highest BCUT2D eigenvalue weighted by Crippen LogP contribution is 2.39. The van der Waals surface area contributed by atoms with E-state index in [4.69, 9.17) is 17.3 Å². The molecule has 1 saturated heterocycles. The number of carbonyl (C=O) groups is 1. The number of hydrogen-bond donors (Lipinski definition) is 0. The van der Waals surface area contributed by atoms with Gasteiger partial charge in [-0.05, 0) is 60.7 Å². The Bertz CT molecular complexity index is 1490. The molecule has 2 heterocycles. The van der Waals surface area contributed by atoms with Crippen LogP contribution in [0.2, 0.25) is 0 Å². The predicted octanol–water partition coefficient (Wildman–Crippen LogP) is 7.93. The number of para-hydroxylation sites is 1. The van der Waals surface area contributed by atoms with Gasteiger partial charge >= 0.3 is 0 Å². The summed E-state index contributed by atoms with van der Waals surface area (Å²) >= 11 is 7.02. The van der Waals surface area contributed by atoms with E-state index in [1.165, 1.54) is 17.3 Å². The van der Waals surface area contributed by atoms with Crippen LogP contribution >= 0.6 is 24.0 Å². The molecule has 3 aromatic carbocycles. The maximum Gasteiger partial charge on any atom is 0.266 e. The Hall–Kier alpha value is -3.48. The fourth-order valence-corrected chi connectivity index (χ4v) is 5.91. The molecule has 0 radical (unpaired) electrons. The summed E-state index contributed by atoms with van der Waals surface area (Å²) in [5.74, 6) is 0.326. The van der Waals surface area contributed by atoms with E-state index in [0.29, 0.717) is 15.1 Å². The molecule has 6 heteroatoms. The molecule has 0 aliphatic carbocycles. The van der Waals surface area contributed by atoms with E-state index in [1.807, 2.05) is 84.5 Å². The lowest BCUT2D eigenvalue weighted by Gasteiger charge is -2.23. The first-order valence-electron chi connectivity index (χ1n) is 12.4. The second-order valence-corrected chi connectivity index (χ2v) is 11.3. The number of amides is 1. The average Bonchev–Trinajstić information content (AvgIpc) is 3.45. The molecular weight excluding hydrogens is 494 g/mol. The number of thiocarbonyl (C=S) groups is 1. The van der Waals surface area contributed by atoms with E-state index < -0.39 is 0 Å². The Balaban J connectivity index is 1.59. The van der Waals surface area contributed by atoms with Gasteiger partial charge in [0.25, 0.3) is 5.91 Å². The van der Waals surface area contributed by atoms with Gasteiger partial charge in [-0.2, -0.15) is 5.10 Å². The van der Waals surface area contributed by atoms with Crippen molar-refractivity contribution < 1.29 is 4.79 Å². The molecule has 0 N–H and O–H groups in total. The first kappa shape index (κ1) is 25.2. The summed E-state index contributed by atoms with van der Waals surface area (Å²) in [6.45, 7) is 8.50. The van der Waals surface area contributed by atoms with E-state index in [2.05, 4.69) is 39.0 Å². The molecule has 1 fully saturated rings. The van der Waals surface area contributed by atoms with Crippen LogP contribution in [-0.4, -0.2) is 24.9 Å². The molecule has 1 aliphatic heterocycles. The van der Waals surface area contributed by atoms with Crippen LogP contribution in [0.25, 0.3) is 23.0 Å². The van der Waals surface area contributed by atoms with Gasteiger partial charge in [0, 0.05) is 17.3 Å².